The first-order chi connectivity index (χ1) is 22.4. The highest BCUT2D eigenvalue weighted by Crippen LogP contribution is 2.34. The monoisotopic (exact) mass is 641 g/mol. The third-order valence-electron chi connectivity index (χ3n) is 7.91. The maximum Gasteiger partial charge on any atom is 0.354 e. The normalized spacial score (nSPS) is 13.5. The molecule has 4 aromatic heterocycles. The molecule has 14 heteroatoms. The third kappa shape index (κ3) is 6.39. The summed E-state index contributed by atoms with van der Waals surface area (Å²) in [6, 6.07) is 7.24. The lowest BCUT2D eigenvalue weighted by atomic mass is 9.99. The lowest BCUT2D eigenvalue weighted by Gasteiger charge is -2.16. The van der Waals surface area contributed by atoms with E-state index in [1.165, 1.54) is 45.2 Å². The van der Waals surface area contributed by atoms with Crippen LogP contribution < -0.4 is 5.32 Å². The zero-order valence-corrected chi connectivity index (χ0v) is 26.9. The van der Waals surface area contributed by atoms with Crippen LogP contribution in [0.15, 0.2) is 36.7 Å². The summed E-state index contributed by atoms with van der Waals surface area (Å²) < 4.78 is 12.4. The number of carbonyl (C=O) groups excluding carboxylic acids is 3. The maximum absolute atomic E-state index is 13.1. The number of aromatic carboxylic acids is 1. The molecule has 47 heavy (non-hydrogen) atoms. The van der Waals surface area contributed by atoms with Crippen LogP contribution in [0.4, 0.5) is 0 Å². The Labute approximate surface area is 269 Å². The molecule has 2 N–H and O–H groups in total. The number of carboxylic acids is 1. The van der Waals surface area contributed by atoms with E-state index in [1.807, 2.05) is 0 Å². The summed E-state index contributed by atoms with van der Waals surface area (Å²) in [5.74, 6) is -2.44. The topological polar surface area (TPSA) is 179 Å². The SMILES string of the molecule is CCOC(=O)c1cnn2c(C(=O)NC3CCc4c3ccc(C)c4C)cc(C)nc12.CCOC(=O)c1cnn2c(C(=O)O)cc(C)nc12. The summed E-state index contributed by atoms with van der Waals surface area (Å²) in [5.41, 5.74) is 7.41. The average molecular weight is 642 g/mol. The van der Waals surface area contributed by atoms with E-state index in [9.17, 15) is 19.2 Å². The molecule has 0 fully saturated rings. The number of amides is 1. The van der Waals surface area contributed by atoms with Crippen molar-refractivity contribution >= 4 is 35.1 Å². The molecular formula is C33H35N7O7. The molecule has 1 aromatic carbocycles. The number of nitrogens with one attached hydrogen (secondary N) is 1. The number of aromatic nitrogens is 6. The minimum atomic E-state index is -1.14. The number of aryl methyl sites for hydroxylation is 3. The van der Waals surface area contributed by atoms with Crippen LogP contribution in [0.25, 0.3) is 11.3 Å². The summed E-state index contributed by atoms with van der Waals surface area (Å²) in [7, 11) is 0. The summed E-state index contributed by atoms with van der Waals surface area (Å²) in [5, 5.41) is 20.3. The molecule has 5 aromatic rings. The number of ether oxygens (including phenoxy) is 2. The van der Waals surface area contributed by atoms with Gasteiger partial charge in [-0.1, -0.05) is 12.1 Å². The molecule has 1 atom stereocenters. The van der Waals surface area contributed by atoms with Crippen LogP contribution in [0.5, 0.6) is 0 Å². The van der Waals surface area contributed by atoms with Gasteiger partial charge in [-0.25, -0.2) is 33.4 Å². The van der Waals surface area contributed by atoms with Crippen molar-refractivity contribution in [3.05, 3.63) is 92.8 Å². The molecule has 1 aliphatic carbocycles. The quantitative estimate of drug-likeness (QED) is 0.244. The van der Waals surface area contributed by atoms with E-state index in [-0.39, 0.29) is 47.6 Å². The van der Waals surface area contributed by atoms with E-state index >= 15 is 0 Å². The van der Waals surface area contributed by atoms with Crippen LogP contribution >= 0.6 is 0 Å². The molecule has 0 saturated heterocycles. The Balaban J connectivity index is 0.000000207. The summed E-state index contributed by atoms with van der Waals surface area (Å²) in [4.78, 5) is 56.5. The fraction of sp³-hybridized carbons (Fsp3) is 0.333. The van der Waals surface area contributed by atoms with Crippen LogP contribution in [-0.4, -0.2) is 71.3 Å². The van der Waals surface area contributed by atoms with Crippen molar-refractivity contribution in [1.82, 2.24) is 34.5 Å². The van der Waals surface area contributed by atoms with Crippen molar-refractivity contribution < 1.29 is 33.8 Å². The molecule has 244 valence electrons. The van der Waals surface area contributed by atoms with Crippen LogP contribution in [-0.2, 0) is 15.9 Å². The molecule has 14 nitrogen and oxygen atoms in total. The first-order valence-corrected chi connectivity index (χ1v) is 15.1. The summed E-state index contributed by atoms with van der Waals surface area (Å²) in [6.45, 7) is 11.6. The third-order valence-corrected chi connectivity index (χ3v) is 7.91. The number of hydrogen-bond acceptors (Lipinski definition) is 10. The van der Waals surface area contributed by atoms with Crippen molar-refractivity contribution in [3.63, 3.8) is 0 Å². The second kappa shape index (κ2) is 13.4. The number of carboxylic acid groups (broad SMARTS) is 1. The zero-order valence-electron chi connectivity index (χ0n) is 26.9. The highest BCUT2D eigenvalue weighted by atomic mass is 16.5. The van der Waals surface area contributed by atoms with Gasteiger partial charge in [0.2, 0.25) is 0 Å². The highest BCUT2D eigenvalue weighted by Gasteiger charge is 2.28. The number of nitrogens with zero attached hydrogens (tertiary/aromatic N) is 6. The second-order valence-electron chi connectivity index (χ2n) is 11.0. The minimum Gasteiger partial charge on any atom is -0.477 e. The smallest absolute Gasteiger partial charge is 0.354 e. The maximum atomic E-state index is 13.1. The predicted molar refractivity (Wildman–Crippen MR) is 169 cm³/mol. The van der Waals surface area contributed by atoms with Crippen molar-refractivity contribution in [2.75, 3.05) is 13.2 Å². The van der Waals surface area contributed by atoms with Crippen LogP contribution in [0, 0.1) is 27.7 Å². The van der Waals surface area contributed by atoms with Crippen LogP contribution in [0.2, 0.25) is 0 Å². The Morgan fingerprint density at radius 3 is 1.91 bits per heavy atom. The number of carbonyl (C=O) groups is 4. The minimum absolute atomic E-state index is 0.0413. The van der Waals surface area contributed by atoms with E-state index in [0.29, 0.717) is 22.7 Å². The molecular weight excluding hydrogens is 606 g/mol. The van der Waals surface area contributed by atoms with Gasteiger partial charge in [0.15, 0.2) is 17.0 Å². The lowest BCUT2D eigenvalue weighted by molar-refractivity contribution is 0.0518. The predicted octanol–water partition coefficient (Wildman–Crippen LogP) is 4.16. The number of fused-ring (bicyclic) bond motifs is 3. The molecule has 1 aliphatic rings. The fourth-order valence-electron chi connectivity index (χ4n) is 5.57. The summed E-state index contributed by atoms with van der Waals surface area (Å²) >= 11 is 0. The van der Waals surface area contributed by atoms with Gasteiger partial charge < -0.3 is 19.9 Å². The van der Waals surface area contributed by atoms with Gasteiger partial charge in [0.25, 0.3) is 5.91 Å². The van der Waals surface area contributed by atoms with Crippen molar-refractivity contribution in [2.45, 2.75) is 60.4 Å². The van der Waals surface area contributed by atoms with Gasteiger partial charge in [-0.2, -0.15) is 10.2 Å². The van der Waals surface area contributed by atoms with Crippen molar-refractivity contribution in [2.24, 2.45) is 0 Å². The van der Waals surface area contributed by atoms with Crippen LogP contribution in [0.1, 0.15) is 102 Å². The second-order valence-corrected chi connectivity index (χ2v) is 11.0. The van der Waals surface area contributed by atoms with Crippen LogP contribution in [0.3, 0.4) is 0 Å². The lowest BCUT2D eigenvalue weighted by Crippen LogP contribution is -2.29. The first-order valence-electron chi connectivity index (χ1n) is 15.1. The van der Waals surface area contributed by atoms with E-state index in [2.05, 4.69) is 51.5 Å². The Kier molecular flexibility index (Phi) is 9.31. The molecule has 0 spiro atoms. The Bertz CT molecular complexity index is 2050. The van der Waals surface area contributed by atoms with Gasteiger partial charge in [0, 0.05) is 11.4 Å². The van der Waals surface area contributed by atoms with Gasteiger partial charge in [-0.3, -0.25) is 4.79 Å². The van der Waals surface area contributed by atoms with E-state index in [1.54, 1.807) is 33.8 Å². The molecule has 6 rings (SSSR count). The van der Waals surface area contributed by atoms with Gasteiger partial charge in [-0.05, 0) is 88.8 Å². The van der Waals surface area contributed by atoms with Gasteiger partial charge >= 0.3 is 17.9 Å². The first kappa shape index (κ1) is 32.7. The standard InChI is InChI=1S/C22H24N4O3.C11H11N3O4/c1-5-29-22(28)17-11-23-26-19(10-13(3)24-20(17)26)21(27)25-18-9-8-15-14(4)12(2)6-7-16(15)18;1-3-18-11(17)7-5-12-14-8(10(15)16)4-6(2)13-9(7)14/h6-7,10-11,18H,5,8-9H2,1-4H3,(H,25,27);4-5H,3H2,1-2H3,(H,15,16). The van der Waals surface area contributed by atoms with Gasteiger partial charge in [0.1, 0.15) is 16.8 Å². The van der Waals surface area contributed by atoms with Crippen molar-refractivity contribution in [3.8, 4) is 0 Å². The molecule has 4 heterocycles. The number of esters is 2. The average Bonchev–Trinajstić information content (AvgIpc) is 3.76. The fourth-order valence-corrected chi connectivity index (χ4v) is 5.57. The van der Waals surface area contributed by atoms with E-state index in [0.717, 1.165) is 17.4 Å². The van der Waals surface area contributed by atoms with E-state index in [4.69, 9.17) is 14.6 Å². The molecule has 0 bridgehead atoms. The van der Waals surface area contributed by atoms with Gasteiger partial charge in [-0.15, -0.1) is 0 Å². The van der Waals surface area contributed by atoms with Crippen molar-refractivity contribution in [1.29, 1.82) is 0 Å². The van der Waals surface area contributed by atoms with Gasteiger partial charge in [0.05, 0.1) is 31.6 Å². The molecule has 1 amide bonds. The largest absolute Gasteiger partial charge is 0.477 e. The molecule has 0 aliphatic heterocycles. The van der Waals surface area contributed by atoms with E-state index < -0.39 is 17.9 Å². The summed E-state index contributed by atoms with van der Waals surface area (Å²) in [6.07, 6.45) is 4.47. The zero-order chi connectivity index (χ0) is 34.0. The number of benzene rings is 1. The molecule has 1 unspecified atom stereocenters. The molecule has 0 saturated carbocycles. The number of rotatable bonds is 7. The Hall–Kier alpha value is -5.66. The Morgan fingerprint density at radius 1 is 0.851 bits per heavy atom. The molecule has 0 radical (unpaired) electrons. The highest BCUT2D eigenvalue weighted by molar-refractivity contribution is 5.98. The Morgan fingerprint density at radius 2 is 1.38 bits per heavy atom. The number of hydrogen-bond donors (Lipinski definition) is 2.